The average molecular weight is 490 g/mol. The molecule has 0 saturated carbocycles. The highest BCUT2D eigenvalue weighted by Crippen LogP contribution is 2.30. The van der Waals surface area contributed by atoms with Crippen molar-refractivity contribution in [1.29, 1.82) is 0 Å². The summed E-state index contributed by atoms with van der Waals surface area (Å²) in [6, 6.07) is 13.8. The summed E-state index contributed by atoms with van der Waals surface area (Å²) in [5.74, 6) is 0.531. The Bertz CT molecular complexity index is 1380. The van der Waals surface area contributed by atoms with E-state index < -0.39 is 0 Å². The summed E-state index contributed by atoms with van der Waals surface area (Å²) in [4.78, 5) is 27.1. The van der Waals surface area contributed by atoms with Gasteiger partial charge in [-0.15, -0.1) is 0 Å². The Morgan fingerprint density at radius 2 is 1.86 bits per heavy atom. The minimum Gasteiger partial charge on any atom is -0.367 e. The highest BCUT2D eigenvalue weighted by molar-refractivity contribution is 6.30. The molecule has 3 heterocycles. The Morgan fingerprint density at radius 1 is 1.11 bits per heavy atom. The van der Waals surface area contributed by atoms with Crippen LogP contribution in [0.4, 0.5) is 5.82 Å². The SMILES string of the molecule is CCCC(C)(C)c1ccc(-c2cc3ncn(C)c(=O)c3c(NC(C)Cc3ccc(Cl)cc3)n2)cn1. The summed E-state index contributed by atoms with van der Waals surface area (Å²) in [5, 5.41) is 4.65. The van der Waals surface area contributed by atoms with E-state index in [-0.39, 0.29) is 17.0 Å². The van der Waals surface area contributed by atoms with E-state index in [2.05, 4.69) is 50.1 Å². The summed E-state index contributed by atoms with van der Waals surface area (Å²) in [6.45, 7) is 8.70. The molecular weight excluding hydrogens is 458 g/mol. The van der Waals surface area contributed by atoms with Gasteiger partial charge in [0, 0.05) is 41.0 Å². The first-order valence-electron chi connectivity index (χ1n) is 12.0. The maximum Gasteiger partial charge on any atom is 0.264 e. The van der Waals surface area contributed by atoms with Gasteiger partial charge in [-0.2, -0.15) is 0 Å². The van der Waals surface area contributed by atoms with E-state index in [1.165, 1.54) is 4.57 Å². The molecule has 7 heteroatoms. The number of benzene rings is 1. The van der Waals surface area contributed by atoms with Crippen molar-refractivity contribution in [3.05, 3.63) is 81.6 Å². The predicted molar refractivity (Wildman–Crippen MR) is 144 cm³/mol. The molecule has 1 unspecified atom stereocenters. The lowest BCUT2D eigenvalue weighted by Gasteiger charge is -2.23. The van der Waals surface area contributed by atoms with Crippen LogP contribution in [0.15, 0.2) is 59.8 Å². The molecule has 0 aliphatic rings. The zero-order valence-electron chi connectivity index (χ0n) is 21.0. The van der Waals surface area contributed by atoms with Gasteiger partial charge in [0.25, 0.3) is 5.56 Å². The van der Waals surface area contributed by atoms with Crippen molar-refractivity contribution in [3.8, 4) is 11.3 Å². The number of hydrogen-bond donors (Lipinski definition) is 1. The van der Waals surface area contributed by atoms with Crippen LogP contribution in [0.3, 0.4) is 0 Å². The van der Waals surface area contributed by atoms with Gasteiger partial charge in [0.2, 0.25) is 0 Å². The van der Waals surface area contributed by atoms with Crippen LogP contribution in [-0.4, -0.2) is 25.6 Å². The lowest BCUT2D eigenvalue weighted by atomic mass is 9.84. The van der Waals surface area contributed by atoms with Crippen LogP contribution >= 0.6 is 11.6 Å². The Balaban J connectivity index is 1.71. The van der Waals surface area contributed by atoms with Crippen LogP contribution in [0.2, 0.25) is 5.02 Å². The van der Waals surface area contributed by atoms with Crippen LogP contribution in [-0.2, 0) is 18.9 Å². The van der Waals surface area contributed by atoms with Crippen molar-refractivity contribution in [2.24, 2.45) is 7.05 Å². The third-order valence-corrected chi connectivity index (χ3v) is 6.62. The van der Waals surface area contributed by atoms with E-state index in [0.29, 0.717) is 21.7 Å². The highest BCUT2D eigenvalue weighted by atomic mass is 35.5. The predicted octanol–water partition coefficient (Wildman–Crippen LogP) is 6.16. The normalized spacial score (nSPS) is 12.6. The summed E-state index contributed by atoms with van der Waals surface area (Å²) in [6.07, 6.45) is 6.34. The molecule has 4 aromatic rings. The number of anilines is 1. The number of fused-ring (bicyclic) bond motifs is 1. The van der Waals surface area contributed by atoms with Gasteiger partial charge in [0.05, 0.1) is 17.5 Å². The van der Waals surface area contributed by atoms with Gasteiger partial charge in [0.15, 0.2) is 0 Å². The Labute approximate surface area is 211 Å². The smallest absolute Gasteiger partial charge is 0.264 e. The van der Waals surface area contributed by atoms with E-state index in [1.807, 2.05) is 36.5 Å². The van der Waals surface area contributed by atoms with Crippen molar-refractivity contribution in [1.82, 2.24) is 19.5 Å². The Hall–Kier alpha value is -3.25. The molecule has 6 nitrogen and oxygen atoms in total. The Kier molecular flexibility index (Phi) is 7.22. The lowest BCUT2D eigenvalue weighted by molar-refractivity contribution is 0.460. The van der Waals surface area contributed by atoms with E-state index in [9.17, 15) is 4.79 Å². The standard InChI is InChI=1S/C28H32ClN5O/c1-6-13-28(3,4)24-12-9-20(16-30-24)22-15-23-25(27(35)34(5)17-31-23)26(33-22)32-18(2)14-19-7-10-21(29)11-8-19/h7-12,15-18H,6,13-14H2,1-5H3,(H,32,33). The largest absolute Gasteiger partial charge is 0.367 e. The van der Waals surface area contributed by atoms with Gasteiger partial charge in [-0.05, 0) is 55.7 Å². The second kappa shape index (κ2) is 10.2. The first-order valence-corrected chi connectivity index (χ1v) is 12.4. The van der Waals surface area contributed by atoms with Crippen LogP contribution in [0.25, 0.3) is 22.2 Å². The van der Waals surface area contributed by atoms with E-state index in [1.54, 1.807) is 13.4 Å². The minimum absolute atomic E-state index is 0.0155. The second-order valence-electron chi connectivity index (χ2n) is 9.85. The number of hydrogen-bond acceptors (Lipinski definition) is 5. The number of aromatic nitrogens is 4. The van der Waals surface area contributed by atoms with Gasteiger partial charge in [0.1, 0.15) is 11.2 Å². The minimum atomic E-state index is -0.134. The molecule has 1 N–H and O–H groups in total. The van der Waals surface area contributed by atoms with E-state index >= 15 is 0 Å². The number of pyridine rings is 2. The van der Waals surface area contributed by atoms with Crippen LogP contribution < -0.4 is 10.9 Å². The van der Waals surface area contributed by atoms with Gasteiger partial charge in [-0.3, -0.25) is 9.78 Å². The van der Waals surface area contributed by atoms with Gasteiger partial charge >= 0.3 is 0 Å². The van der Waals surface area contributed by atoms with Crippen molar-refractivity contribution in [2.75, 3.05) is 5.32 Å². The number of rotatable bonds is 8. The summed E-state index contributed by atoms with van der Waals surface area (Å²) >= 11 is 6.03. The van der Waals surface area contributed by atoms with Crippen molar-refractivity contribution in [2.45, 2.75) is 58.4 Å². The third kappa shape index (κ3) is 5.54. The number of nitrogens with zero attached hydrogens (tertiary/aromatic N) is 4. The molecule has 1 aromatic carbocycles. The molecule has 35 heavy (non-hydrogen) atoms. The fourth-order valence-corrected chi connectivity index (χ4v) is 4.56. The van der Waals surface area contributed by atoms with Crippen LogP contribution in [0.1, 0.15) is 51.8 Å². The molecule has 0 saturated heterocycles. The van der Waals surface area contributed by atoms with Gasteiger partial charge < -0.3 is 9.88 Å². The maximum absolute atomic E-state index is 13.0. The van der Waals surface area contributed by atoms with Crippen LogP contribution in [0.5, 0.6) is 0 Å². The molecule has 182 valence electrons. The lowest BCUT2D eigenvalue weighted by Crippen LogP contribution is -2.23. The van der Waals surface area contributed by atoms with Gasteiger partial charge in [-0.1, -0.05) is 50.9 Å². The summed E-state index contributed by atoms with van der Waals surface area (Å²) in [7, 11) is 1.70. The molecule has 4 rings (SSSR count). The molecule has 0 amide bonds. The first-order chi connectivity index (χ1) is 16.7. The fourth-order valence-electron chi connectivity index (χ4n) is 4.43. The summed E-state index contributed by atoms with van der Waals surface area (Å²) in [5.41, 5.74) is 4.31. The van der Waals surface area contributed by atoms with Crippen molar-refractivity contribution >= 4 is 28.3 Å². The highest BCUT2D eigenvalue weighted by Gasteiger charge is 2.21. The Morgan fingerprint density at radius 3 is 2.51 bits per heavy atom. The maximum atomic E-state index is 13.0. The second-order valence-corrected chi connectivity index (χ2v) is 10.3. The average Bonchev–Trinajstić information content (AvgIpc) is 2.83. The van der Waals surface area contributed by atoms with Crippen molar-refractivity contribution < 1.29 is 0 Å². The molecule has 0 radical (unpaired) electrons. The van der Waals surface area contributed by atoms with Crippen LogP contribution in [0, 0.1) is 0 Å². The van der Waals surface area contributed by atoms with E-state index in [4.69, 9.17) is 21.6 Å². The molecule has 0 fully saturated rings. The zero-order chi connectivity index (χ0) is 25.2. The topological polar surface area (TPSA) is 72.7 Å². The molecular formula is C28H32ClN5O. The zero-order valence-corrected chi connectivity index (χ0v) is 21.7. The molecule has 3 aromatic heterocycles. The fraction of sp³-hybridized carbons (Fsp3) is 0.357. The molecule has 0 aliphatic heterocycles. The third-order valence-electron chi connectivity index (χ3n) is 6.37. The number of aryl methyl sites for hydroxylation is 1. The van der Waals surface area contributed by atoms with Gasteiger partial charge in [-0.25, -0.2) is 9.97 Å². The number of nitrogens with one attached hydrogen (secondary N) is 1. The van der Waals surface area contributed by atoms with Crippen molar-refractivity contribution in [3.63, 3.8) is 0 Å². The molecule has 0 bridgehead atoms. The molecule has 0 spiro atoms. The molecule has 0 aliphatic carbocycles. The quantitative estimate of drug-likeness (QED) is 0.320. The number of halogens is 1. The first kappa shape index (κ1) is 24.9. The molecule has 1 atom stereocenters. The monoisotopic (exact) mass is 489 g/mol. The summed E-state index contributed by atoms with van der Waals surface area (Å²) < 4.78 is 1.48. The van der Waals surface area contributed by atoms with E-state index in [0.717, 1.165) is 41.8 Å².